The van der Waals surface area contributed by atoms with Gasteiger partial charge in [-0.2, -0.15) is 0 Å². The van der Waals surface area contributed by atoms with Gasteiger partial charge in [-0.05, 0) is 75.4 Å². The molecule has 0 aliphatic carbocycles. The van der Waals surface area contributed by atoms with E-state index in [0.717, 1.165) is 64.2 Å². The molecule has 0 saturated carbocycles. The van der Waals surface area contributed by atoms with E-state index in [9.17, 15) is 14.0 Å². The molecule has 10 heteroatoms. The van der Waals surface area contributed by atoms with E-state index in [0.29, 0.717) is 34.4 Å². The van der Waals surface area contributed by atoms with Gasteiger partial charge in [0.15, 0.2) is 0 Å². The predicted molar refractivity (Wildman–Crippen MR) is 149 cm³/mol. The number of rotatable bonds is 7. The zero-order valence-electron chi connectivity index (χ0n) is 22.0. The lowest BCUT2D eigenvalue weighted by Crippen LogP contribution is -2.29. The van der Waals surface area contributed by atoms with Gasteiger partial charge in [0, 0.05) is 43.6 Å². The van der Waals surface area contributed by atoms with Crippen LogP contribution in [-0.4, -0.2) is 54.1 Å². The van der Waals surface area contributed by atoms with Gasteiger partial charge in [-0.25, -0.2) is 9.37 Å². The summed E-state index contributed by atoms with van der Waals surface area (Å²) in [5.74, 6) is -0.570. The Labute approximate surface area is 227 Å². The Balaban J connectivity index is 1.24. The number of nitrogens with one attached hydrogen (secondary N) is 3. The van der Waals surface area contributed by atoms with Gasteiger partial charge >= 0.3 is 0 Å². The van der Waals surface area contributed by atoms with Crippen molar-refractivity contribution < 1.29 is 18.7 Å². The molecule has 2 amide bonds. The topological polar surface area (TPSA) is 108 Å². The third kappa shape index (κ3) is 6.88. The van der Waals surface area contributed by atoms with Gasteiger partial charge in [0.05, 0.1) is 35.0 Å². The Morgan fingerprint density at radius 3 is 2.41 bits per heavy atom. The lowest BCUT2D eigenvalue weighted by Gasteiger charge is -2.29. The number of pyridine rings is 2. The zero-order chi connectivity index (χ0) is 27.2. The third-order valence-corrected chi connectivity index (χ3v) is 7.05. The SMILES string of the molecule is Cc1ncc(NC(=O)c2cc(F)cc(N3CCCCC3)c2)cc1C(=O)Nc1ccc(NC2CCOCC2)nc1. The van der Waals surface area contributed by atoms with Gasteiger partial charge in [-0.1, -0.05) is 0 Å². The number of amides is 2. The van der Waals surface area contributed by atoms with E-state index in [4.69, 9.17) is 4.74 Å². The van der Waals surface area contributed by atoms with Crippen LogP contribution in [0.5, 0.6) is 0 Å². The minimum atomic E-state index is -0.471. The molecule has 1 aromatic carbocycles. The number of hydrogen-bond donors (Lipinski definition) is 3. The molecule has 2 fully saturated rings. The highest BCUT2D eigenvalue weighted by molar-refractivity contribution is 6.08. The Morgan fingerprint density at radius 1 is 0.923 bits per heavy atom. The van der Waals surface area contributed by atoms with Crippen LogP contribution in [0.2, 0.25) is 0 Å². The van der Waals surface area contributed by atoms with Crippen LogP contribution in [-0.2, 0) is 4.74 Å². The second kappa shape index (κ2) is 12.2. The molecule has 0 spiro atoms. The predicted octanol–water partition coefficient (Wildman–Crippen LogP) is 5.01. The number of halogens is 1. The van der Waals surface area contributed by atoms with Crippen molar-refractivity contribution in [2.24, 2.45) is 0 Å². The molecule has 2 saturated heterocycles. The first-order valence-electron chi connectivity index (χ1n) is 13.4. The molecule has 39 heavy (non-hydrogen) atoms. The molecule has 0 atom stereocenters. The van der Waals surface area contributed by atoms with Gasteiger partial charge < -0.3 is 25.6 Å². The standard InChI is InChI=1S/C29H33FN6O3/c1-19-26(29(38)34-23-5-6-27(32-17-23)33-22-7-11-39-12-8-22)16-24(18-31-19)35-28(37)20-13-21(30)15-25(14-20)36-9-3-2-4-10-36/h5-6,13-18,22H,2-4,7-12H2,1H3,(H,32,33)(H,34,38)(H,35,37). The number of anilines is 4. The van der Waals surface area contributed by atoms with Crippen molar-refractivity contribution in [3.63, 3.8) is 0 Å². The van der Waals surface area contributed by atoms with E-state index in [2.05, 4.69) is 30.8 Å². The van der Waals surface area contributed by atoms with E-state index in [1.165, 1.54) is 18.3 Å². The number of aromatic nitrogens is 2. The number of hydrogen-bond acceptors (Lipinski definition) is 7. The molecule has 9 nitrogen and oxygen atoms in total. The van der Waals surface area contributed by atoms with Crippen molar-refractivity contribution in [2.45, 2.75) is 45.1 Å². The van der Waals surface area contributed by atoms with Crippen LogP contribution in [0.4, 0.5) is 27.3 Å². The highest BCUT2D eigenvalue weighted by Crippen LogP contribution is 2.24. The number of piperidine rings is 1. The summed E-state index contributed by atoms with van der Waals surface area (Å²) in [5.41, 5.74) is 2.61. The minimum Gasteiger partial charge on any atom is -0.381 e. The molecule has 2 aliphatic heterocycles. The smallest absolute Gasteiger partial charge is 0.257 e. The second-order valence-corrected chi connectivity index (χ2v) is 9.97. The van der Waals surface area contributed by atoms with Gasteiger partial charge in [0.2, 0.25) is 0 Å². The van der Waals surface area contributed by atoms with Crippen LogP contribution in [0.1, 0.15) is 58.5 Å². The highest BCUT2D eigenvalue weighted by atomic mass is 19.1. The third-order valence-electron chi connectivity index (χ3n) is 7.05. The van der Waals surface area contributed by atoms with Crippen molar-refractivity contribution in [1.29, 1.82) is 0 Å². The molecule has 204 valence electrons. The maximum absolute atomic E-state index is 14.4. The largest absolute Gasteiger partial charge is 0.381 e. The molecule has 2 aliphatic rings. The normalized spacial score (nSPS) is 16.0. The van der Waals surface area contributed by atoms with Crippen molar-refractivity contribution >= 4 is 34.7 Å². The molecule has 3 N–H and O–H groups in total. The summed E-state index contributed by atoms with van der Waals surface area (Å²) < 4.78 is 19.8. The Kier molecular flexibility index (Phi) is 8.31. The van der Waals surface area contributed by atoms with Crippen LogP contribution < -0.4 is 20.9 Å². The lowest BCUT2D eigenvalue weighted by atomic mass is 10.1. The molecular weight excluding hydrogens is 499 g/mol. The van der Waals surface area contributed by atoms with E-state index >= 15 is 0 Å². The highest BCUT2D eigenvalue weighted by Gasteiger charge is 2.18. The summed E-state index contributed by atoms with van der Waals surface area (Å²) in [4.78, 5) is 36.8. The molecule has 0 radical (unpaired) electrons. The Bertz CT molecular complexity index is 1320. The maximum Gasteiger partial charge on any atom is 0.257 e. The van der Waals surface area contributed by atoms with Gasteiger partial charge in [0.25, 0.3) is 11.8 Å². The summed E-state index contributed by atoms with van der Waals surface area (Å²) in [6.07, 6.45) is 8.18. The van der Waals surface area contributed by atoms with Crippen LogP contribution in [0.15, 0.2) is 48.8 Å². The maximum atomic E-state index is 14.4. The first kappa shape index (κ1) is 26.6. The minimum absolute atomic E-state index is 0.211. The lowest BCUT2D eigenvalue weighted by molar-refractivity contribution is 0.0903. The fourth-order valence-corrected chi connectivity index (χ4v) is 4.88. The molecule has 2 aromatic heterocycles. The molecular formula is C29H33FN6O3. The van der Waals surface area contributed by atoms with Crippen LogP contribution in [0.25, 0.3) is 0 Å². The summed E-state index contributed by atoms with van der Waals surface area (Å²) in [7, 11) is 0. The van der Waals surface area contributed by atoms with Gasteiger partial charge in [0.1, 0.15) is 11.6 Å². The molecule has 3 aromatic rings. The monoisotopic (exact) mass is 532 g/mol. The summed E-state index contributed by atoms with van der Waals surface area (Å²) >= 11 is 0. The van der Waals surface area contributed by atoms with Crippen LogP contribution >= 0.6 is 0 Å². The number of nitrogens with zero attached hydrogens (tertiary/aromatic N) is 3. The fourth-order valence-electron chi connectivity index (χ4n) is 4.88. The zero-order valence-corrected chi connectivity index (χ0v) is 22.0. The van der Waals surface area contributed by atoms with Crippen LogP contribution in [0.3, 0.4) is 0 Å². The quantitative estimate of drug-likeness (QED) is 0.393. The first-order valence-corrected chi connectivity index (χ1v) is 13.4. The first-order chi connectivity index (χ1) is 18.9. The van der Waals surface area contributed by atoms with Gasteiger partial charge in [-0.15, -0.1) is 0 Å². The van der Waals surface area contributed by atoms with Crippen molar-refractivity contribution in [3.05, 3.63) is 71.4 Å². The Morgan fingerprint density at radius 2 is 1.67 bits per heavy atom. The summed E-state index contributed by atoms with van der Waals surface area (Å²) in [6, 6.07) is 9.87. The molecule has 0 unspecified atom stereocenters. The number of carbonyl (C=O) groups excluding carboxylic acids is 2. The number of benzene rings is 1. The summed E-state index contributed by atoms with van der Waals surface area (Å²) in [5, 5.41) is 8.97. The molecule has 5 rings (SSSR count). The number of carbonyl (C=O) groups is 2. The van der Waals surface area contributed by atoms with Crippen molar-refractivity contribution in [3.8, 4) is 0 Å². The number of ether oxygens (including phenoxy) is 1. The van der Waals surface area contributed by atoms with E-state index in [-0.39, 0.29) is 11.5 Å². The fraction of sp³-hybridized carbons (Fsp3) is 0.379. The van der Waals surface area contributed by atoms with Crippen LogP contribution in [0, 0.1) is 12.7 Å². The van der Waals surface area contributed by atoms with Gasteiger partial charge in [-0.3, -0.25) is 14.6 Å². The molecule has 0 bridgehead atoms. The average molecular weight is 533 g/mol. The Hall–Kier alpha value is -4.05. The van der Waals surface area contributed by atoms with E-state index in [1.807, 2.05) is 6.07 Å². The van der Waals surface area contributed by atoms with E-state index in [1.54, 1.807) is 31.3 Å². The summed E-state index contributed by atoms with van der Waals surface area (Å²) in [6.45, 7) is 4.88. The average Bonchev–Trinajstić information content (AvgIpc) is 2.96. The number of aryl methyl sites for hydroxylation is 1. The van der Waals surface area contributed by atoms with Crippen molar-refractivity contribution in [2.75, 3.05) is 47.2 Å². The molecule has 4 heterocycles. The second-order valence-electron chi connectivity index (χ2n) is 9.97. The van der Waals surface area contributed by atoms with E-state index < -0.39 is 11.7 Å². The van der Waals surface area contributed by atoms with Crippen molar-refractivity contribution in [1.82, 2.24) is 9.97 Å².